The molecule has 1 amide bonds. The van der Waals surface area contributed by atoms with Crippen LogP contribution in [0.15, 0.2) is 30.6 Å². The molecule has 24 heavy (non-hydrogen) atoms. The first-order chi connectivity index (χ1) is 11.7. The van der Waals surface area contributed by atoms with E-state index in [4.69, 9.17) is 0 Å². The molecule has 0 spiro atoms. The minimum absolute atomic E-state index is 0.223. The standard InChI is InChI=1S/C18H24N4O2/c23-15-11-20(7-9-21(12-15)18(24)14-5-6-14)8-10-22-13-19-16-3-1-2-4-17(16)22/h1-4,13-15,23H,5-12H2/t15-/m0/s1. The minimum atomic E-state index is -0.463. The van der Waals surface area contributed by atoms with Crippen molar-refractivity contribution in [3.63, 3.8) is 0 Å². The number of aliphatic hydroxyl groups excluding tert-OH is 1. The Morgan fingerprint density at radius 1 is 1.17 bits per heavy atom. The van der Waals surface area contributed by atoms with Crippen molar-refractivity contribution in [1.29, 1.82) is 0 Å². The zero-order valence-electron chi connectivity index (χ0n) is 13.8. The molecule has 128 valence electrons. The van der Waals surface area contributed by atoms with Gasteiger partial charge in [-0.25, -0.2) is 4.98 Å². The summed E-state index contributed by atoms with van der Waals surface area (Å²) in [4.78, 5) is 20.8. The molecule has 6 nitrogen and oxygen atoms in total. The van der Waals surface area contributed by atoms with Crippen molar-refractivity contribution in [3.05, 3.63) is 30.6 Å². The van der Waals surface area contributed by atoms with E-state index in [1.54, 1.807) is 0 Å². The molecule has 0 unspecified atom stereocenters. The summed E-state index contributed by atoms with van der Waals surface area (Å²) in [6.45, 7) is 4.33. The summed E-state index contributed by atoms with van der Waals surface area (Å²) < 4.78 is 2.15. The van der Waals surface area contributed by atoms with Crippen LogP contribution in [-0.4, -0.2) is 69.2 Å². The summed E-state index contributed by atoms with van der Waals surface area (Å²) in [6.07, 6.45) is 3.45. The Bertz CT molecular complexity index is 725. The predicted molar refractivity (Wildman–Crippen MR) is 91.5 cm³/mol. The van der Waals surface area contributed by atoms with Crippen LogP contribution in [0.2, 0.25) is 0 Å². The van der Waals surface area contributed by atoms with Crippen LogP contribution in [0.1, 0.15) is 12.8 Å². The van der Waals surface area contributed by atoms with Crippen LogP contribution < -0.4 is 0 Å². The molecule has 4 rings (SSSR count). The van der Waals surface area contributed by atoms with Gasteiger partial charge in [-0.1, -0.05) is 12.1 Å². The Kier molecular flexibility index (Phi) is 4.24. The summed E-state index contributed by atoms with van der Waals surface area (Å²) in [5.41, 5.74) is 2.15. The van der Waals surface area contributed by atoms with Crippen LogP contribution in [0.4, 0.5) is 0 Å². The zero-order chi connectivity index (χ0) is 16.5. The van der Waals surface area contributed by atoms with E-state index in [0.29, 0.717) is 13.1 Å². The van der Waals surface area contributed by atoms with Gasteiger partial charge in [-0.3, -0.25) is 9.69 Å². The van der Waals surface area contributed by atoms with Crippen LogP contribution in [-0.2, 0) is 11.3 Å². The minimum Gasteiger partial charge on any atom is -0.390 e. The van der Waals surface area contributed by atoms with Gasteiger partial charge in [0.2, 0.25) is 5.91 Å². The number of para-hydroxylation sites is 2. The van der Waals surface area contributed by atoms with Crippen molar-refractivity contribution < 1.29 is 9.90 Å². The fourth-order valence-corrected chi connectivity index (χ4v) is 3.48. The first-order valence-electron chi connectivity index (χ1n) is 8.80. The van der Waals surface area contributed by atoms with E-state index in [-0.39, 0.29) is 11.8 Å². The maximum absolute atomic E-state index is 12.2. The van der Waals surface area contributed by atoms with E-state index < -0.39 is 6.10 Å². The zero-order valence-corrected chi connectivity index (χ0v) is 13.8. The molecule has 2 heterocycles. The van der Waals surface area contributed by atoms with Crippen LogP contribution in [0.3, 0.4) is 0 Å². The molecule has 1 aromatic heterocycles. The lowest BCUT2D eigenvalue weighted by Gasteiger charge is -2.22. The molecule has 6 heteroatoms. The van der Waals surface area contributed by atoms with E-state index in [0.717, 1.165) is 50.1 Å². The van der Waals surface area contributed by atoms with Crippen molar-refractivity contribution in [3.8, 4) is 0 Å². The summed E-state index contributed by atoms with van der Waals surface area (Å²) in [7, 11) is 0. The number of hydrogen-bond acceptors (Lipinski definition) is 4. The van der Waals surface area contributed by atoms with Gasteiger partial charge >= 0.3 is 0 Å². The lowest BCUT2D eigenvalue weighted by atomic mass is 10.3. The first kappa shape index (κ1) is 15.6. The Balaban J connectivity index is 1.37. The molecule has 0 radical (unpaired) electrons. The smallest absolute Gasteiger partial charge is 0.225 e. The average molecular weight is 328 g/mol. The molecule has 0 bridgehead atoms. The van der Waals surface area contributed by atoms with Crippen molar-refractivity contribution in [2.45, 2.75) is 25.5 Å². The molecular weight excluding hydrogens is 304 g/mol. The molecule has 1 saturated carbocycles. The first-order valence-corrected chi connectivity index (χ1v) is 8.80. The van der Waals surface area contributed by atoms with Gasteiger partial charge in [0.15, 0.2) is 0 Å². The number of carbonyl (C=O) groups excluding carboxylic acids is 1. The Labute approximate surface area is 141 Å². The van der Waals surface area contributed by atoms with Gasteiger partial charge in [0.25, 0.3) is 0 Å². The highest BCUT2D eigenvalue weighted by atomic mass is 16.3. The monoisotopic (exact) mass is 328 g/mol. The van der Waals surface area contributed by atoms with E-state index in [2.05, 4.69) is 20.5 Å². The largest absolute Gasteiger partial charge is 0.390 e. The number of β-amino-alcohol motifs (C(OH)–C–C–N with tert-alkyl or cyclic N) is 1. The normalized spacial score (nSPS) is 22.7. The second-order valence-corrected chi connectivity index (χ2v) is 6.94. The summed E-state index contributed by atoms with van der Waals surface area (Å²) >= 11 is 0. The SMILES string of the molecule is O=C(C1CC1)N1CCN(CCn2cnc3ccccc32)C[C@H](O)C1. The number of hydrogen-bond donors (Lipinski definition) is 1. The third kappa shape index (κ3) is 3.30. The van der Waals surface area contributed by atoms with Gasteiger partial charge in [0.05, 0.1) is 23.5 Å². The fourth-order valence-electron chi connectivity index (χ4n) is 3.48. The third-order valence-electron chi connectivity index (χ3n) is 5.01. The van der Waals surface area contributed by atoms with E-state index in [9.17, 15) is 9.90 Å². The van der Waals surface area contributed by atoms with Gasteiger partial charge in [0.1, 0.15) is 0 Å². The predicted octanol–water partition coefficient (Wildman–Crippen LogP) is 0.951. The van der Waals surface area contributed by atoms with Crippen molar-refractivity contribution in [2.24, 2.45) is 5.92 Å². The topological polar surface area (TPSA) is 61.6 Å². The Morgan fingerprint density at radius 2 is 2.00 bits per heavy atom. The number of fused-ring (bicyclic) bond motifs is 1. The number of amides is 1. The molecule has 1 aliphatic heterocycles. The molecule has 2 fully saturated rings. The number of nitrogens with zero attached hydrogens (tertiary/aromatic N) is 4. The Morgan fingerprint density at radius 3 is 2.83 bits per heavy atom. The highest BCUT2D eigenvalue weighted by Gasteiger charge is 2.35. The van der Waals surface area contributed by atoms with Crippen LogP contribution in [0.5, 0.6) is 0 Å². The average Bonchev–Trinajstić information content (AvgIpc) is 3.38. The van der Waals surface area contributed by atoms with Gasteiger partial charge in [-0.05, 0) is 25.0 Å². The summed E-state index contributed by atoms with van der Waals surface area (Å²) in [5, 5.41) is 10.3. The molecule has 1 atom stereocenters. The summed E-state index contributed by atoms with van der Waals surface area (Å²) in [5.74, 6) is 0.456. The molecule has 1 aliphatic carbocycles. The number of aromatic nitrogens is 2. The molecule has 2 aromatic rings. The van der Waals surface area contributed by atoms with Gasteiger partial charge in [0, 0.05) is 45.2 Å². The molecule has 2 aliphatic rings. The van der Waals surface area contributed by atoms with Crippen LogP contribution in [0, 0.1) is 5.92 Å². The molecule has 1 aromatic carbocycles. The molecule has 1 N–H and O–H groups in total. The lowest BCUT2D eigenvalue weighted by Crippen LogP contribution is -2.38. The quantitative estimate of drug-likeness (QED) is 0.908. The third-order valence-corrected chi connectivity index (χ3v) is 5.01. The van der Waals surface area contributed by atoms with E-state index >= 15 is 0 Å². The van der Waals surface area contributed by atoms with Crippen LogP contribution >= 0.6 is 0 Å². The van der Waals surface area contributed by atoms with Gasteiger partial charge < -0.3 is 14.6 Å². The second-order valence-electron chi connectivity index (χ2n) is 6.94. The highest BCUT2D eigenvalue weighted by Crippen LogP contribution is 2.31. The Hall–Kier alpha value is -1.92. The summed E-state index contributed by atoms with van der Waals surface area (Å²) in [6, 6.07) is 8.12. The van der Waals surface area contributed by atoms with Crippen molar-refractivity contribution >= 4 is 16.9 Å². The number of rotatable bonds is 4. The van der Waals surface area contributed by atoms with Crippen LogP contribution in [0.25, 0.3) is 11.0 Å². The fraction of sp³-hybridized carbons (Fsp3) is 0.556. The molecular formula is C18H24N4O2. The second kappa shape index (κ2) is 6.53. The molecule has 1 saturated heterocycles. The number of aliphatic hydroxyl groups is 1. The van der Waals surface area contributed by atoms with Gasteiger partial charge in [-0.15, -0.1) is 0 Å². The maximum atomic E-state index is 12.2. The van der Waals surface area contributed by atoms with Crippen molar-refractivity contribution in [2.75, 3.05) is 32.7 Å². The van der Waals surface area contributed by atoms with Gasteiger partial charge in [-0.2, -0.15) is 0 Å². The number of carbonyl (C=O) groups is 1. The van der Waals surface area contributed by atoms with E-state index in [1.165, 1.54) is 0 Å². The van der Waals surface area contributed by atoms with E-state index in [1.807, 2.05) is 29.4 Å². The maximum Gasteiger partial charge on any atom is 0.225 e. The number of benzene rings is 1. The lowest BCUT2D eigenvalue weighted by molar-refractivity contribution is -0.133. The highest BCUT2D eigenvalue weighted by molar-refractivity contribution is 5.81. The van der Waals surface area contributed by atoms with Crippen molar-refractivity contribution in [1.82, 2.24) is 19.4 Å². The number of imidazole rings is 1.